The highest BCUT2D eigenvalue weighted by atomic mass is 19.1. The molecule has 1 aromatic carbocycles. The molecule has 0 saturated carbocycles. The molecule has 0 radical (unpaired) electrons. The van der Waals surface area contributed by atoms with Gasteiger partial charge in [-0.1, -0.05) is 12.1 Å². The number of benzene rings is 1. The second kappa shape index (κ2) is 2.72. The van der Waals surface area contributed by atoms with Gasteiger partial charge in [0.2, 0.25) is 0 Å². The van der Waals surface area contributed by atoms with Crippen molar-refractivity contribution in [1.29, 1.82) is 0 Å². The van der Waals surface area contributed by atoms with Crippen LogP contribution in [0.15, 0.2) is 23.8 Å². The summed E-state index contributed by atoms with van der Waals surface area (Å²) in [5, 5.41) is 8.85. The third-order valence-electron chi connectivity index (χ3n) is 2.09. The molecule has 2 heteroatoms. The Morgan fingerprint density at radius 1 is 1.42 bits per heavy atom. The average molecular weight is 164 g/mol. The highest BCUT2D eigenvalue weighted by Crippen LogP contribution is 2.24. The maximum absolute atomic E-state index is 12.7. The van der Waals surface area contributed by atoms with E-state index in [0.29, 0.717) is 0 Å². The summed E-state index contributed by atoms with van der Waals surface area (Å²) >= 11 is 0. The maximum Gasteiger partial charge on any atom is 0.123 e. The van der Waals surface area contributed by atoms with Crippen molar-refractivity contribution in [2.24, 2.45) is 0 Å². The summed E-state index contributed by atoms with van der Waals surface area (Å²) in [6.45, 7) is 0.0658. The van der Waals surface area contributed by atoms with E-state index in [2.05, 4.69) is 0 Å². The molecule has 62 valence electrons. The molecule has 1 aliphatic carbocycles. The van der Waals surface area contributed by atoms with Crippen LogP contribution in [-0.4, -0.2) is 11.7 Å². The Hall–Kier alpha value is -1.15. The van der Waals surface area contributed by atoms with E-state index in [-0.39, 0.29) is 12.4 Å². The van der Waals surface area contributed by atoms with E-state index < -0.39 is 0 Å². The van der Waals surface area contributed by atoms with Gasteiger partial charge >= 0.3 is 0 Å². The van der Waals surface area contributed by atoms with Gasteiger partial charge in [0.15, 0.2) is 0 Å². The van der Waals surface area contributed by atoms with Crippen LogP contribution in [0.3, 0.4) is 0 Å². The molecule has 0 saturated heterocycles. The molecule has 0 unspecified atom stereocenters. The van der Waals surface area contributed by atoms with E-state index in [0.717, 1.165) is 23.1 Å². The largest absolute Gasteiger partial charge is 0.392 e. The summed E-state index contributed by atoms with van der Waals surface area (Å²) in [6, 6.07) is 4.72. The number of hydrogen-bond acceptors (Lipinski definition) is 1. The molecule has 0 fully saturated rings. The molecule has 0 aromatic heterocycles. The second-order valence-corrected chi connectivity index (χ2v) is 2.98. The summed E-state index contributed by atoms with van der Waals surface area (Å²) < 4.78 is 12.7. The summed E-state index contributed by atoms with van der Waals surface area (Å²) in [6.07, 6.45) is 2.60. The van der Waals surface area contributed by atoms with E-state index in [9.17, 15) is 4.39 Å². The van der Waals surface area contributed by atoms with E-state index in [1.807, 2.05) is 6.08 Å². The van der Waals surface area contributed by atoms with Gasteiger partial charge in [0.05, 0.1) is 6.61 Å². The molecule has 1 aromatic rings. The van der Waals surface area contributed by atoms with Crippen molar-refractivity contribution in [1.82, 2.24) is 0 Å². The summed E-state index contributed by atoms with van der Waals surface area (Å²) in [4.78, 5) is 0. The van der Waals surface area contributed by atoms with Crippen molar-refractivity contribution in [2.45, 2.75) is 6.42 Å². The fourth-order valence-electron chi connectivity index (χ4n) is 1.48. The summed E-state index contributed by atoms with van der Waals surface area (Å²) in [7, 11) is 0. The molecule has 0 amide bonds. The number of rotatable bonds is 1. The van der Waals surface area contributed by atoms with Crippen molar-refractivity contribution in [2.75, 3.05) is 6.61 Å². The molecule has 1 N–H and O–H groups in total. The molecular formula is C10H9FO. The predicted octanol–water partition coefficient (Wildman–Crippen LogP) is 1.76. The van der Waals surface area contributed by atoms with Crippen LogP contribution in [-0.2, 0) is 6.42 Å². The zero-order valence-corrected chi connectivity index (χ0v) is 6.55. The highest BCUT2D eigenvalue weighted by Gasteiger charge is 2.11. The van der Waals surface area contributed by atoms with Crippen molar-refractivity contribution in [3.63, 3.8) is 0 Å². The SMILES string of the molecule is OCC1=Cc2cc(F)ccc2C1. The maximum atomic E-state index is 12.7. The monoisotopic (exact) mass is 164 g/mol. The Labute approximate surface area is 70.2 Å². The normalized spacial score (nSPS) is 14.3. The van der Waals surface area contributed by atoms with E-state index in [4.69, 9.17) is 5.11 Å². The molecule has 0 atom stereocenters. The number of hydrogen-bond donors (Lipinski definition) is 1. The van der Waals surface area contributed by atoms with Crippen molar-refractivity contribution < 1.29 is 9.50 Å². The fourth-order valence-corrected chi connectivity index (χ4v) is 1.48. The van der Waals surface area contributed by atoms with Crippen molar-refractivity contribution in [3.05, 3.63) is 40.7 Å². The minimum atomic E-state index is -0.218. The first-order valence-electron chi connectivity index (χ1n) is 3.88. The minimum Gasteiger partial charge on any atom is -0.392 e. The molecule has 0 heterocycles. The van der Waals surface area contributed by atoms with Crippen LogP contribution < -0.4 is 0 Å². The number of aliphatic hydroxyl groups is 1. The van der Waals surface area contributed by atoms with Gasteiger partial charge in [-0.2, -0.15) is 0 Å². The molecule has 0 bridgehead atoms. The van der Waals surface area contributed by atoms with Gasteiger partial charge in [-0.05, 0) is 35.3 Å². The molecular weight excluding hydrogens is 155 g/mol. The van der Waals surface area contributed by atoms with Crippen molar-refractivity contribution >= 4 is 6.08 Å². The van der Waals surface area contributed by atoms with Crippen LogP contribution in [0.25, 0.3) is 6.08 Å². The Morgan fingerprint density at radius 3 is 3.00 bits per heavy atom. The van der Waals surface area contributed by atoms with Gasteiger partial charge in [-0.25, -0.2) is 4.39 Å². The molecule has 0 aliphatic heterocycles. The van der Waals surface area contributed by atoms with Crippen LogP contribution >= 0.6 is 0 Å². The number of halogens is 1. The Kier molecular flexibility index (Phi) is 1.70. The smallest absolute Gasteiger partial charge is 0.123 e. The quantitative estimate of drug-likeness (QED) is 0.670. The van der Waals surface area contributed by atoms with E-state index in [1.54, 1.807) is 6.07 Å². The summed E-state index contributed by atoms with van der Waals surface area (Å²) in [5.41, 5.74) is 2.95. The van der Waals surface area contributed by atoms with Gasteiger partial charge in [0.1, 0.15) is 5.82 Å². The van der Waals surface area contributed by atoms with Crippen LogP contribution in [0.2, 0.25) is 0 Å². The molecule has 0 spiro atoms. The lowest BCUT2D eigenvalue weighted by Gasteiger charge is -1.96. The standard InChI is InChI=1S/C10H9FO/c11-10-2-1-8-3-7(6-12)4-9(8)5-10/h1-2,4-5,12H,3,6H2. The lowest BCUT2D eigenvalue weighted by molar-refractivity contribution is 0.330. The Balaban J connectivity index is 2.42. The highest BCUT2D eigenvalue weighted by molar-refractivity contribution is 5.63. The zero-order chi connectivity index (χ0) is 8.55. The lowest BCUT2D eigenvalue weighted by atomic mass is 10.1. The molecule has 1 nitrogen and oxygen atoms in total. The number of fused-ring (bicyclic) bond motifs is 1. The van der Waals surface area contributed by atoms with Gasteiger partial charge in [-0.15, -0.1) is 0 Å². The first-order valence-corrected chi connectivity index (χ1v) is 3.88. The van der Waals surface area contributed by atoms with Gasteiger partial charge < -0.3 is 5.11 Å². The topological polar surface area (TPSA) is 20.2 Å². The van der Waals surface area contributed by atoms with Crippen LogP contribution in [0.4, 0.5) is 4.39 Å². The van der Waals surface area contributed by atoms with Gasteiger partial charge in [0, 0.05) is 0 Å². The number of aliphatic hydroxyl groups excluding tert-OH is 1. The van der Waals surface area contributed by atoms with Gasteiger partial charge in [0.25, 0.3) is 0 Å². The lowest BCUT2D eigenvalue weighted by Crippen LogP contribution is -1.89. The third kappa shape index (κ3) is 1.14. The first-order chi connectivity index (χ1) is 5.79. The third-order valence-corrected chi connectivity index (χ3v) is 2.09. The Bertz CT molecular complexity index is 342. The second-order valence-electron chi connectivity index (χ2n) is 2.98. The molecule has 1 aliphatic rings. The van der Waals surface area contributed by atoms with Crippen molar-refractivity contribution in [3.8, 4) is 0 Å². The van der Waals surface area contributed by atoms with E-state index >= 15 is 0 Å². The van der Waals surface area contributed by atoms with Crippen LogP contribution in [0.5, 0.6) is 0 Å². The summed E-state index contributed by atoms with van der Waals surface area (Å²) in [5.74, 6) is -0.218. The van der Waals surface area contributed by atoms with Crippen LogP contribution in [0, 0.1) is 5.82 Å². The minimum absolute atomic E-state index is 0.0658. The van der Waals surface area contributed by atoms with Gasteiger partial charge in [-0.3, -0.25) is 0 Å². The molecule has 12 heavy (non-hydrogen) atoms. The average Bonchev–Trinajstić information content (AvgIpc) is 2.46. The molecule has 2 rings (SSSR count). The van der Waals surface area contributed by atoms with Crippen LogP contribution in [0.1, 0.15) is 11.1 Å². The predicted molar refractivity (Wildman–Crippen MR) is 45.2 cm³/mol. The fraction of sp³-hybridized carbons (Fsp3) is 0.200. The first kappa shape index (κ1) is 7.50. The van der Waals surface area contributed by atoms with E-state index in [1.165, 1.54) is 12.1 Å². The Morgan fingerprint density at radius 2 is 2.25 bits per heavy atom. The zero-order valence-electron chi connectivity index (χ0n) is 6.55.